The summed E-state index contributed by atoms with van der Waals surface area (Å²) in [7, 11) is -2.60. The first-order chi connectivity index (χ1) is 11.7. The van der Waals surface area contributed by atoms with Crippen molar-refractivity contribution in [3.05, 3.63) is 50.1 Å². The second-order valence-corrected chi connectivity index (χ2v) is 9.85. The second kappa shape index (κ2) is 8.41. The lowest BCUT2D eigenvalue weighted by atomic mass is 10.3. The van der Waals surface area contributed by atoms with E-state index in [2.05, 4.69) is 15.9 Å². The fraction of sp³-hybridized carbons (Fsp3) is 0.200. The highest BCUT2D eigenvalue weighted by atomic mass is 79.9. The first-order valence-electron chi connectivity index (χ1n) is 6.86. The Balaban J connectivity index is 1.93. The summed E-state index contributed by atoms with van der Waals surface area (Å²) >= 11 is 10.2. The van der Waals surface area contributed by atoms with Crippen LogP contribution >= 0.6 is 38.9 Å². The van der Waals surface area contributed by atoms with Crippen molar-refractivity contribution in [1.29, 1.82) is 0 Å². The molecule has 0 aliphatic heterocycles. The minimum absolute atomic E-state index is 0.00621. The largest absolute Gasteiger partial charge is 0.456 e. The van der Waals surface area contributed by atoms with Crippen LogP contribution in [0.4, 0.5) is 0 Å². The molecule has 10 heteroatoms. The quantitative estimate of drug-likeness (QED) is 0.462. The maximum atomic E-state index is 12.3. The van der Waals surface area contributed by atoms with Crippen molar-refractivity contribution in [2.24, 2.45) is 0 Å². The molecule has 1 aromatic carbocycles. The third kappa shape index (κ3) is 5.35. The summed E-state index contributed by atoms with van der Waals surface area (Å²) in [4.78, 5) is 24.1. The van der Waals surface area contributed by atoms with E-state index in [0.717, 1.165) is 8.09 Å². The van der Waals surface area contributed by atoms with Crippen LogP contribution in [-0.4, -0.2) is 44.7 Å². The van der Waals surface area contributed by atoms with Gasteiger partial charge in [-0.25, -0.2) is 8.42 Å². The van der Waals surface area contributed by atoms with Crippen LogP contribution in [0, 0.1) is 0 Å². The number of benzene rings is 1. The van der Waals surface area contributed by atoms with Gasteiger partial charge in [-0.1, -0.05) is 11.6 Å². The van der Waals surface area contributed by atoms with E-state index < -0.39 is 29.1 Å². The smallest absolute Gasteiger partial charge is 0.321 e. The lowest BCUT2D eigenvalue weighted by molar-refractivity contribution is -0.142. The van der Waals surface area contributed by atoms with Gasteiger partial charge in [-0.05, 0) is 52.3 Å². The number of carbonyl (C=O) groups excluding carboxylic acids is 2. The van der Waals surface area contributed by atoms with Crippen LogP contribution in [0.2, 0.25) is 5.02 Å². The average Bonchev–Trinajstić information content (AvgIpc) is 2.99. The second-order valence-electron chi connectivity index (χ2n) is 4.90. The summed E-state index contributed by atoms with van der Waals surface area (Å²) in [6.07, 6.45) is 0. The topological polar surface area (TPSA) is 80.8 Å². The summed E-state index contributed by atoms with van der Waals surface area (Å²) in [5.41, 5.74) is 0. The van der Waals surface area contributed by atoms with E-state index in [1.807, 2.05) is 0 Å². The number of hydrogen-bond acceptors (Lipinski definition) is 6. The van der Waals surface area contributed by atoms with Crippen molar-refractivity contribution in [2.45, 2.75) is 4.90 Å². The third-order valence-corrected chi connectivity index (χ3v) is 6.82. The van der Waals surface area contributed by atoms with Crippen LogP contribution in [0.5, 0.6) is 0 Å². The number of sulfonamides is 1. The van der Waals surface area contributed by atoms with E-state index in [-0.39, 0.29) is 10.7 Å². The fourth-order valence-electron chi connectivity index (χ4n) is 1.78. The monoisotopic (exact) mass is 465 g/mol. The summed E-state index contributed by atoms with van der Waals surface area (Å²) in [5, 5.41) is 0.403. The van der Waals surface area contributed by atoms with E-state index in [1.165, 1.54) is 42.6 Å². The molecule has 0 atom stereocenters. The maximum absolute atomic E-state index is 12.3. The number of rotatable bonds is 7. The highest BCUT2D eigenvalue weighted by Crippen LogP contribution is 2.22. The molecule has 0 amide bonds. The molecule has 0 unspecified atom stereocenters. The van der Waals surface area contributed by atoms with Crippen molar-refractivity contribution in [3.8, 4) is 0 Å². The molecule has 25 heavy (non-hydrogen) atoms. The lowest BCUT2D eigenvalue weighted by Gasteiger charge is -2.16. The molecule has 1 heterocycles. The van der Waals surface area contributed by atoms with Crippen LogP contribution in [-0.2, 0) is 19.6 Å². The molecule has 0 N–H and O–H groups in total. The van der Waals surface area contributed by atoms with Gasteiger partial charge in [-0.2, -0.15) is 4.31 Å². The number of likely N-dealkylation sites (N-methyl/N-ethyl adjacent to an activating group) is 1. The summed E-state index contributed by atoms with van der Waals surface area (Å²) in [6.45, 7) is -0.951. The van der Waals surface area contributed by atoms with Gasteiger partial charge in [0.15, 0.2) is 6.61 Å². The minimum Gasteiger partial charge on any atom is -0.456 e. The zero-order valence-corrected chi connectivity index (χ0v) is 16.9. The Morgan fingerprint density at radius 1 is 1.20 bits per heavy atom. The highest BCUT2D eigenvalue weighted by Gasteiger charge is 2.24. The van der Waals surface area contributed by atoms with E-state index in [0.29, 0.717) is 9.90 Å². The van der Waals surface area contributed by atoms with Gasteiger partial charge in [0.1, 0.15) is 6.54 Å². The number of carbonyl (C=O) groups is 2. The Kier molecular flexibility index (Phi) is 6.75. The average molecular weight is 467 g/mol. The molecule has 0 bridgehead atoms. The van der Waals surface area contributed by atoms with Crippen LogP contribution in [0.25, 0.3) is 0 Å². The van der Waals surface area contributed by atoms with Crippen molar-refractivity contribution in [2.75, 3.05) is 20.2 Å². The summed E-state index contributed by atoms with van der Waals surface area (Å²) in [6, 6.07) is 8.90. The lowest BCUT2D eigenvalue weighted by Crippen LogP contribution is -2.33. The first kappa shape index (κ1) is 20.1. The predicted octanol–water partition coefficient (Wildman–Crippen LogP) is 3.21. The van der Waals surface area contributed by atoms with Gasteiger partial charge >= 0.3 is 5.97 Å². The van der Waals surface area contributed by atoms with Crippen LogP contribution in [0.3, 0.4) is 0 Å². The zero-order chi connectivity index (χ0) is 18.6. The Bertz CT molecular complexity index is 880. The van der Waals surface area contributed by atoms with E-state index in [4.69, 9.17) is 16.3 Å². The molecule has 2 rings (SSSR count). The van der Waals surface area contributed by atoms with Gasteiger partial charge < -0.3 is 4.74 Å². The highest BCUT2D eigenvalue weighted by molar-refractivity contribution is 9.11. The maximum Gasteiger partial charge on any atom is 0.321 e. The molecular formula is C15H13BrClNO5S2. The van der Waals surface area contributed by atoms with Gasteiger partial charge in [0, 0.05) is 12.1 Å². The van der Waals surface area contributed by atoms with Gasteiger partial charge in [0.25, 0.3) is 0 Å². The van der Waals surface area contributed by atoms with Crippen LogP contribution in [0.15, 0.2) is 45.1 Å². The number of ketones is 1. The summed E-state index contributed by atoms with van der Waals surface area (Å²) < 4.78 is 31.2. The van der Waals surface area contributed by atoms with Gasteiger partial charge in [0.05, 0.1) is 13.6 Å². The van der Waals surface area contributed by atoms with Crippen molar-refractivity contribution >= 4 is 60.6 Å². The SMILES string of the molecule is CN(CC(=O)OCC(=O)c1ccc(Br)s1)S(=O)(=O)c1ccc(Cl)cc1. The Hall–Kier alpha value is -1.26. The molecule has 0 spiro atoms. The number of halogens is 2. The molecule has 2 aromatic rings. The van der Waals surface area contributed by atoms with Crippen molar-refractivity contribution < 1.29 is 22.7 Å². The molecule has 6 nitrogen and oxygen atoms in total. The number of Topliss-reactive ketones (excluding diaryl/α,β-unsaturated/α-hetero) is 1. The molecule has 0 aliphatic rings. The number of ether oxygens (including phenoxy) is 1. The number of nitrogens with zero attached hydrogens (tertiary/aromatic N) is 1. The normalized spacial score (nSPS) is 11.5. The Morgan fingerprint density at radius 3 is 2.40 bits per heavy atom. The Morgan fingerprint density at radius 2 is 1.84 bits per heavy atom. The minimum atomic E-state index is -3.85. The fourth-order valence-corrected chi connectivity index (χ4v) is 4.33. The van der Waals surface area contributed by atoms with E-state index in [1.54, 1.807) is 12.1 Å². The van der Waals surface area contributed by atoms with Gasteiger partial charge in [-0.3, -0.25) is 9.59 Å². The van der Waals surface area contributed by atoms with Crippen LogP contribution < -0.4 is 0 Å². The zero-order valence-electron chi connectivity index (χ0n) is 12.9. The molecule has 1 aromatic heterocycles. The molecule has 0 radical (unpaired) electrons. The molecular weight excluding hydrogens is 454 g/mol. The van der Waals surface area contributed by atoms with Gasteiger partial charge in [0.2, 0.25) is 15.8 Å². The van der Waals surface area contributed by atoms with E-state index in [9.17, 15) is 18.0 Å². The number of esters is 1. The Labute approximate surface area is 162 Å². The van der Waals surface area contributed by atoms with Crippen LogP contribution in [0.1, 0.15) is 9.67 Å². The standard InChI is InChI=1S/C15H13BrClNO5S2/c1-18(25(21,22)11-4-2-10(17)3-5-11)8-15(20)23-9-12(19)13-6-7-14(16)24-13/h2-7H,8-9H2,1H3. The number of hydrogen-bond donors (Lipinski definition) is 0. The van der Waals surface area contributed by atoms with E-state index >= 15 is 0 Å². The third-order valence-electron chi connectivity index (χ3n) is 3.09. The molecule has 0 fully saturated rings. The predicted molar refractivity (Wildman–Crippen MR) is 98.6 cm³/mol. The summed E-state index contributed by atoms with van der Waals surface area (Å²) in [5.74, 6) is -1.17. The van der Waals surface area contributed by atoms with Crippen molar-refractivity contribution in [1.82, 2.24) is 4.31 Å². The van der Waals surface area contributed by atoms with Crippen molar-refractivity contribution in [3.63, 3.8) is 0 Å². The van der Waals surface area contributed by atoms with Gasteiger partial charge in [-0.15, -0.1) is 11.3 Å². The molecule has 134 valence electrons. The molecule has 0 saturated carbocycles. The molecule has 0 saturated heterocycles. The first-order valence-corrected chi connectivity index (χ1v) is 10.3. The molecule has 0 aliphatic carbocycles. The number of thiophene rings is 1.